The van der Waals surface area contributed by atoms with Crippen molar-refractivity contribution in [2.24, 2.45) is 5.41 Å². The topological polar surface area (TPSA) is 47.6 Å². The summed E-state index contributed by atoms with van der Waals surface area (Å²) < 4.78 is 36.2. The molecule has 4 nitrogen and oxygen atoms in total. The zero-order valence-corrected chi connectivity index (χ0v) is 14.4. The molecule has 0 heterocycles. The van der Waals surface area contributed by atoms with E-state index in [1.54, 1.807) is 12.1 Å². The van der Waals surface area contributed by atoms with Gasteiger partial charge in [0.05, 0.1) is 0 Å². The van der Waals surface area contributed by atoms with Gasteiger partial charge in [0, 0.05) is 20.3 Å². The third-order valence-electron chi connectivity index (χ3n) is 3.72. The summed E-state index contributed by atoms with van der Waals surface area (Å²) in [5.74, 6) is -0.992. The highest BCUT2D eigenvalue weighted by Gasteiger charge is 2.38. The minimum atomic E-state index is -3.39. The number of hydrogen-bond donors (Lipinski definition) is 1. The van der Waals surface area contributed by atoms with E-state index >= 15 is 0 Å². The van der Waals surface area contributed by atoms with E-state index < -0.39 is 13.4 Å². The lowest BCUT2D eigenvalue weighted by molar-refractivity contribution is 0.233. The van der Waals surface area contributed by atoms with Gasteiger partial charge in [-0.25, -0.2) is 4.39 Å². The molecule has 0 aromatic heterocycles. The van der Waals surface area contributed by atoms with E-state index in [-0.39, 0.29) is 17.3 Å². The van der Waals surface area contributed by atoms with E-state index in [0.717, 1.165) is 0 Å². The Bertz CT molecular complexity index is 491. The predicted octanol–water partition coefficient (Wildman–Crippen LogP) is 4.33. The summed E-state index contributed by atoms with van der Waals surface area (Å²) in [6, 6.07) is 5.90. The highest BCUT2D eigenvalue weighted by atomic mass is 31.2. The SMILES string of the molecule is COP(=O)(OC)[C@H](N[C@@H](C)C(C)(C)C)c1ccc(F)cc1. The van der Waals surface area contributed by atoms with Gasteiger partial charge < -0.3 is 9.05 Å². The number of nitrogens with one attached hydrogen (secondary N) is 1. The fourth-order valence-corrected chi connectivity index (χ4v) is 3.30. The van der Waals surface area contributed by atoms with Crippen LogP contribution in [0.2, 0.25) is 0 Å². The third kappa shape index (κ3) is 4.62. The summed E-state index contributed by atoms with van der Waals surface area (Å²) >= 11 is 0. The molecule has 0 unspecified atom stereocenters. The minimum absolute atomic E-state index is 0.0371. The van der Waals surface area contributed by atoms with Crippen molar-refractivity contribution < 1.29 is 18.0 Å². The molecular formula is C15H25FNO3P. The van der Waals surface area contributed by atoms with Crippen LogP contribution >= 0.6 is 7.60 Å². The van der Waals surface area contributed by atoms with Gasteiger partial charge in [0.2, 0.25) is 0 Å². The average Bonchev–Trinajstić information content (AvgIpc) is 2.43. The van der Waals surface area contributed by atoms with Crippen LogP contribution in [0.25, 0.3) is 0 Å². The van der Waals surface area contributed by atoms with Crippen LogP contribution in [0, 0.1) is 11.2 Å². The Kier molecular flexibility index (Phi) is 6.11. The first-order chi connectivity index (χ1) is 9.64. The number of halogens is 1. The Balaban J connectivity index is 3.18. The molecule has 0 aliphatic heterocycles. The molecule has 0 aliphatic carbocycles. The molecule has 1 rings (SSSR count). The molecule has 0 spiro atoms. The molecule has 1 N–H and O–H groups in total. The molecular weight excluding hydrogens is 292 g/mol. The minimum Gasteiger partial charge on any atom is -0.311 e. The van der Waals surface area contributed by atoms with Gasteiger partial charge in [0.15, 0.2) is 0 Å². The van der Waals surface area contributed by atoms with Gasteiger partial charge in [-0.3, -0.25) is 9.88 Å². The van der Waals surface area contributed by atoms with E-state index in [2.05, 4.69) is 26.1 Å². The van der Waals surface area contributed by atoms with Crippen molar-refractivity contribution in [2.75, 3.05) is 14.2 Å². The highest BCUT2D eigenvalue weighted by Crippen LogP contribution is 2.58. The second-order valence-corrected chi connectivity index (χ2v) is 8.44. The largest absolute Gasteiger partial charge is 0.351 e. The van der Waals surface area contributed by atoms with Gasteiger partial charge in [0.25, 0.3) is 0 Å². The Labute approximate surface area is 126 Å². The van der Waals surface area contributed by atoms with E-state index in [1.165, 1.54) is 26.4 Å². The summed E-state index contributed by atoms with van der Waals surface area (Å²) in [6.45, 7) is 8.25. The summed E-state index contributed by atoms with van der Waals surface area (Å²) in [7, 11) is -0.682. The van der Waals surface area contributed by atoms with Gasteiger partial charge in [-0.15, -0.1) is 0 Å². The third-order valence-corrected chi connectivity index (χ3v) is 5.82. The van der Waals surface area contributed by atoms with Crippen LogP contribution in [-0.4, -0.2) is 20.3 Å². The molecule has 1 aromatic rings. The van der Waals surface area contributed by atoms with E-state index in [4.69, 9.17) is 9.05 Å². The van der Waals surface area contributed by atoms with E-state index in [0.29, 0.717) is 5.56 Å². The molecule has 0 fully saturated rings. The summed E-state index contributed by atoms with van der Waals surface area (Å²) in [5.41, 5.74) is 0.629. The van der Waals surface area contributed by atoms with Crippen LogP contribution in [0.15, 0.2) is 24.3 Å². The monoisotopic (exact) mass is 317 g/mol. The van der Waals surface area contributed by atoms with Crippen molar-refractivity contribution >= 4 is 7.60 Å². The van der Waals surface area contributed by atoms with Crippen LogP contribution in [0.1, 0.15) is 39.0 Å². The first-order valence-corrected chi connectivity index (χ1v) is 8.48. The highest BCUT2D eigenvalue weighted by molar-refractivity contribution is 7.54. The summed E-state index contributed by atoms with van der Waals surface area (Å²) in [4.78, 5) is 0. The molecule has 0 bridgehead atoms. The normalized spacial score (nSPS) is 15.8. The van der Waals surface area contributed by atoms with Crippen LogP contribution in [-0.2, 0) is 13.6 Å². The second kappa shape index (κ2) is 7.01. The molecule has 6 heteroatoms. The molecule has 1 aromatic carbocycles. The quantitative estimate of drug-likeness (QED) is 0.793. The predicted molar refractivity (Wildman–Crippen MR) is 82.8 cm³/mol. The number of rotatable bonds is 6. The average molecular weight is 317 g/mol. The van der Waals surface area contributed by atoms with E-state index in [9.17, 15) is 8.96 Å². The van der Waals surface area contributed by atoms with Gasteiger partial charge in [-0.2, -0.15) is 0 Å². The molecule has 0 saturated carbocycles. The summed E-state index contributed by atoms with van der Waals surface area (Å²) in [5, 5.41) is 3.30. The van der Waals surface area contributed by atoms with Crippen molar-refractivity contribution in [3.8, 4) is 0 Å². The van der Waals surface area contributed by atoms with Crippen molar-refractivity contribution in [3.05, 3.63) is 35.6 Å². The maximum atomic E-state index is 13.1. The van der Waals surface area contributed by atoms with Gasteiger partial charge in [0.1, 0.15) is 11.6 Å². The molecule has 0 aliphatic rings. The first kappa shape index (κ1) is 18.3. The van der Waals surface area contributed by atoms with Gasteiger partial charge in [-0.1, -0.05) is 32.9 Å². The van der Waals surface area contributed by atoms with Gasteiger partial charge in [-0.05, 0) is 30.0 Å². The van der Waals surface area contributed by atoms with Crippen molar-refractivity contribution in [1.82, 2.24) is 5.32 Å². The Morgan fingerprint density at radius 1 is 1.14 bits per heavy atom. The van der Waals surface area contributed by atoms with Crippen molar-refractivity contribution in [1.29, 1.82) is 0 Å². The Morgan fingerprint density at radius 3 is 2.00 bits per heavy atom. The lowest BCUT2D eigenvalue weighted by Gasteiger charge is -2.34. The Hall–Kier alpha value is -0.740. The first-order valence-electron chi connectivity index (χ1n) is 6.86. The molecule has 2 atom stereocenters. The smallest absolute Gasteiger partial charge is 0.311 e. The fourth-order valence-electron chi connectivity index (χ4n) is 1.79. The number of hydrogen-bond acceptors (Lipinski definition) is 4. The summed E-state index contributed by atoms with van der Waals surface area (Å²) in [6.07, 6.45) is 0. The van der Waals surface area contributed by atoms with Crippen LogP contribution < -0.4 is 5.32 Å². The second-order valence-electron chi connectivity index (χ2n) is 6.11. The molecule has 0 amide bonds. The van der Waals surface area contributed by atoms with Gasteiger partial charge >= 0.3 is 7.60 Å². The lowest BCUT2D eigenvalue weighted by atomic mass is 9.88. The molecule has 0 radical (unpaired) electrons. The maximum Gasteiger partial charge on any atom is 0.351 e. The Morgan fingerprint density at radius 2 is 1.62 bits per heavy atom. The zero-order valence-electron chi connectivity index (χ0n) is 13.5. The lowest BCUT2D eigenvalue weighted by Crippen LogP contribution is -2.40. The van der Waals surface area contributed by atoms with Crippen molar-refractivity contribution in [2.45, 2.75) is 39.5 Å². The number of benzene rings is 1. The van der Waals surface area contributed by atoms with E-state index in [1.807, 2.05) is 6.92 Å². The van der Waals surface area contributed by atoms with Crippen molar-refractivity contribution in [3.63, 3.8) is 0 Å². The zero-order chi connectivity index (χ0) is 16.3. The molecule has 0 saturated heterocycles. The fraction of sp³-hybridized carbons (Fsp3) is 0.600. The van der Waals surface area contributed by atoms with Crippen LogP contribution in [0.3, 0.4) is 0 Å². The molecule has 21 heavy (non-hydrogen) atoms. The standard InChI is InChI=1S/C15H25FNO3P/c1-11(15(2,3)4)17-14(21(18,19-5)20-6)12-7-9-13(16)10-8-12/h7-11,14,17H,1-6H3/t11-,14-/m0/s1. The maximum absolute atomic E-state index is 13.1. The van der Waals surface area contributed by atoms with Crippen LogP contribution in [0.4, 0.5) is 4.39 Å². The molecule has 120 valence electrons. The van der Waals surface area contributed by atoms with Crippen LogP contribution in [0.5, 0.6) is 0 Å².